The smallest absolute Gasteiger partial charge is 0.333 e. The minimum absolute atomic E-state index is 0.232. The third-order valence-corrected chi connectivity index (χ3v) is 3.65. The van der Waals surface area contributed by atoms with Crippen molar-refractivity contribution in [2.24, 2.45) is 5.41 Å². The van der Waals surface area contributed by atoms with Crippen LogP contribution in [0.1, 0.15) is 20.3 Å². The Kier molecular flexibility index (Phi) is 3.85. The highest BCUT2D eigenvalue weighted by Crippen LogP contribution is 2.40. The number of rotatable bonds is 2. The summed E-state index contributed by atoms with van der Waals surface area (Å²) in [6, 6.07) is 0. The van der Waals surface area contributed by atoms with Crippen LogP contribution in [0.3, 0.4) is 0 Å². The molecule has 19 heavy (non-hydrogen) atoms. The van der Waals surface area contributed by atoms with Gasteiger partial charge in [-0.2, -0.15) is 0 Å². The Hall–Kier alpha value is -1.49. The van der Waals surface area contributed by atoms with Crippen LogP contribution in [0, 0.1) is 5.41 Å². The highest BCUT2D eigenvalue weighted by atomic mass is 16.5. The van der Waals surface area contributed by atoms with Crippen molar-refractivity contribution >= 4 is 5.97 Å². The van der Waals surface area contributed by atoms with Crippen molar-refractivity contribution in [3.63, 3.8) is 0 Å². The van der Waals surface area contributed by atoms with Crippen molar-refractivity contribution in [2.45, 2.75) is 20.3 Å². The lowest BCUT2D eigenvalue weighted by Gasteiger charge is -2.40. The standard InChI is InChI=1S/C14H21NO4/c1-14(2)9-10(15-4-6-19-7-5-15)8-11(16)12(14)13(17)18-3/h8,16H,4-7,9H2,1-3H3/p-1. The molecule has 0 unspecified atom stereocenters. The zero-order chi connectivity index (χ0) is 14.0. The van der Waals surface area contributed by atoms with Gasteiger partial charge < -0.3 is 19.5 Å². The SMILES string of the molecule is COC(=O)C1=C([O-])C=C(N2CCOCC2)CC1(C)C. The van der Waals surface area contributed by atoms with E-state index in [2.05, 4.69) is 4.90 Å². The van der Waals surface area contributed by atoms with E-state index in [1.807, 2.05) is 13.8 Å². The number of methoxy groups -OCH3 is 1. The van der Waals surface area contributed by atoms with Gasteiger partial charge in [-0.05, 0) is 6.42 Å². The van der Waals surface area contributed by atoms with Crippen molar-refractivity contribution in [2.75, 3.05) is 33.4 Å². The molecule has 0 amide bonds. The first-order valence-corrected chi connectivity index (χ1v) is 6.49. The van der Waals surface area contributed by atoms with Crippen molar-refractivity contribution in [3.05, 3.63) is 23.1 Å². The van der Waals surface area contributed by atoms with E-state index < -0.39 is 11.4 Å². The van der Waals surface area contributed by atoms with E-state index in [1.54, 1.807) is 6.08 Å². The summed E-state index contributed by atoms with van der Waals surface area (Å²) in [5, 5.41) is 12.2. The maximum atomic E-state index is 12.2. The van der Waals surface area contributed by atoms with Gasteiger partial charge in [0, 0.05) is 29.8 Å². The van der Waals surface area contributed by atoms with Gasteiger partial charge >= 0.3 is 5.97 Å². The molecule has 1 saturated heterocycles. The van der Waals surface area contributed by atoms with Crippen molar-refractivity contribution in [3.8, 4) is 0 Å². The van der Waals surface area contributed by atoms with Crippen LogP contribution in [0.5, 0.6) is 0 Å². The quantitative estimate of drug-likeness (QED) is 0.678. The molecule has 106 valence electrons. The number of esters is 1. The number of carbonyl (C=O) groups excluding carboxylic acids is 1. The lowest BCUT2D eigenvalue weighted by Crippen LogP contribution is -2.40. The van der Waals surface area contributed by atoms with Gasteiger partial charge in [0.15, 0.2) is 0 Å². The Morgan fingerprint density at radius 2 is 2.05 bits per heavy atom. The molecule has 5 nitrogen and oxygen atoms in total. The summed E-state index contributed by atoms with van der Waals surface area (Å²) in [6.45, 7) is 6.76. The molecule has 0 saturated carbocycles. The average Bonchev–Trinajstić information content (AvgIpc) is 2.37. The molecule has 0 aromatic rings. The molecule has 1 aliphatic heterocycles. The Labute approximate surface area is 113 Å². The molecule has 5 heteroatoms. The van der Waals surface area contributed by atoms with Gasteiger partial charge in [-0.15, -0.1) is 0 Å². The Bertz CT molecular complexity index is 431. The number of morpholine rings is 1. The third kappa shape index (κ3) is 2.76. The normalized spacial score (nSPS) is 23.1. The van der Waals surface area contributed by atoms with Crippen LogP contribution in [0.2, 0.25) is 0 Å². The highest BCUT2D eigenvalue weighted by Gasteiger charge is 2.34. The summed E-state index contributed by atoms with van der Waals surface area (Å²) in [4.78, 5) is 13.9. The monoisotopic (exact) mass is 266 g/mol. The van der Waals surface area contributed by atoms with E-state index in [0.717, 1.165) is 18.8 Å². The first kappa shape index (κ1) is 13.9. The average molecular weight is 266 g/mol. The molecule has 1 heterocycles. The predicted molar refractivity (Wildman–Crippen MR) is 67.9 cm³/mol. The Morgan fingerprint density at radius 3 is 2.58 bits per heavy atom. The summed E-state index contributed by atoms with van der Waals surface area (Å²) in [5.41, 5.74) is 0.741. The highest BCUT2D eigenvalue weighted by molar-refractivity contribution is 5.91. The molecule has 0 aromatic heterocycles. The second kappa shape index (κ2) is 5.25. The summed E-state index contributed by atoms with van der Waals surface area (Å²) >= 11 is 0. The second-order valence-corrected chi connectivity index (χ2v) is 5.53. The number of nitrogens with zero attached hydrogens (tertiary/aromatic N) is 1. The Morgan fingerprint density at radius 1 is 1.42 bits per heavy atom. The zero-order valence-corrected chi connectivity index (χ0v) is 11.7. The number of ether oxygens (including phenoxy) is 2. The first-order valence-electron chi connectivity index (χ1n) is 6.49. The van der Waals surface area contributed by atoms with E-state index >= 15 is 0 Å². The van der Waals surface area contributed by atoms with Gasteiger partial charge in [-0.25, -0.2) is 4.79 Å². The zero-order valence-electron chi connectivity index (χ0n) is 11.7. The van der Waals surface area contributed by atoms with Crippen LogP contribution in [0.25, 0.3) is 0 Å². The molecule has 1 fully saturated rings. The minimum atomic E-state index is -0.521. The number of hydrogen-bond acceptors (Lipinski definition) is 5. The summed E-state index contributed by atoms with van der Waals surface area (Å²) in [7, 11) is 1.31. The fourth-order valence-corrected chi connectivity index (χ4v) is 2.68. The molecule has 1 aliphatic carbocycles. The van der Waals surface area contributed by atoms with Crippen LogP contribution in [0.4, 0.5) is 0 Å². The lowest BCUT2D eigenvalue weighted by molar-refractivity contribution is -0.298. The van der Waals surface area contributed by atoms with Crippen molar-refractivity contribution in [1.82, 2.24) is 4.90 Å². The van der Waals surface area contributed by atoms with Gasteiger partial charge in [0.2, 0.25) is 0 Å². The first-order chi connectivity index (χ1) is 8.95. The maximum absolute atomic E-state index is 12.2. The van der Waals surface area contributed by atoms with Crippen LogP contribution >= 0.6 is 0 Å². The van der Waals surface area contributed by atoms with Gasteiger partial charge in [-0.3, -0.25) is 0 Å². The van der Waals surface area contributed by atoms with Crippen LogP contribution < -0.4 is 5.11 Å². The number of allylic oxidation sites excluding steroid dienone is 2. The van der Waals surface area contributed by atoms with Gasteiger partial charge in [0.05, 0.1) is 20.3 Å². The summed E-state index contributed by atoms with van der Waals surface area (Å²) in [6.07, 6.45) is 2.24. The molecule has 0 N–H and O–H groups in total. The molecule has 0 aromatic carbocycles. The molecule has 2 aliphatic rings. The van der Waals surface area contributed by atoms with E-state index in [0.29, 0.717) is 19.6 Å². The molecular weight excluding hydrogens is 246 g/mol. The van der Waals surface area contributed by atoms with E-state index in [1.165, 1.54) is 7.11 Å². The topological polar surface area (TPSA) is 61.8 Å². The van der Waals surface area contributed by atoms with Crippen molar-refractivity contribution in [1.29, 1.82) is 0 Å². The fourth-order valence-electron chi connectivity index (χ4n) is 2.68. The summed E-state index contributed by atoms with van der Waals surface area (Å²) in [5.74, 6) is -0.753. The predicted octanol–water partition coefficient (Wildman–Crippen LogP) is 0.420. The molecule has 0 atom stereocenters. The molecule has 0 radical (unpaired) electrons. The third-order valence-electron chi connectivity index (χ3n) is 3.65. The van der Waals surface area contributed by atoms with Gasteiger partial charge in [-0.1, -0.05) is 25.7 Å². The van der Waals surface area contributed by atoms with E-state index in [-0.39, 0.29) is 11.3 Å². The number of carbonyl (C=O) groups is 1. The van der Waals surface area contributed by atoms with Crippen LogP contribution in [-0.4, -0.2) is 44.3 Å². The Balaban J connectivity index is 2.30. The van der Waals surface area contributed by atoms with Crippen LogP contribution in [0.15, 0.2) is 23.1 Å². The van der Waals surface area contributed by atoms with Crippen LogP contribution in [-0.2, 0) is 14.3 Å². The summed E-state index contributed by atoms with van der Waals surface area (Å²) < 4.78 is 10.0. The molecule has 0 bridgehead atoms. The van der Waals surface area contributed by atoms with E-state index in [9.17, 15) is 9.90 Å². The van der Waals surface area contributed by atoms with Gasteiger partial charge in [0.1, 0.15) is 0 Å². The maximum Gasteiger partial charge on any atom is 0.333 e. The fraction of sp³-hybridized carbons (Fsp3) is 0.643. The lowest BCUT2D eigenvalue weighted by atomic mass is 9.76. The largest absolute Gasteiger partial charge is 0.872 e. The minimum Gasteiger partial charge on any atom is -0.872 e. The van der Waals surface area contributed by atoms with Gasteiger partial charge in [0.25, 0.3) is 0 Å². The van der Waals surface area contributed by atoms with E-state index in [4.69, 9.17) is 9.47 Å². The molecule has 0 spiro atoms. The molecular formula is C14H20NO4-. The van der Waals surface area contributed by atoms with Crippen molar-refractivity contribution < 1.29 is 19.4 Å². The molecule has 2 rings (SSSR count). The second-order valence-electron chi connectivity index (χ2n) is 5.53. The number of hydrogen-bond donors (Lipinski definition) is 0.